The van der Waals surface area contributed by atoms with Gasteiger partial charge >= 0.3 is 0 Å². The van der Waals surface area contributed by atoms with Gasteiger partial charge in [0, 0.05) is 5.69 Å². The van der Waals surface area contributed by atoms with E-state index in [1.165, 1.54) is 35.7 Å². The van der Waals surface area contributed by atoms with Crippen molar-refractivity contribution in [2.45, 2.75) is 42.1 Å². The molecular formula is C22H26N4O4S2. The van der Waals surface area contributed by atoms with Crippen LogP contribution in [0, 0.1) is 13.8 Å². The second kappa shape index (κ2) is 9.66. The number of ether oxygens (including phenoxy) is 1. The van der Waals surface area contributed by atoms with Crippen molar-refractivity contribution in [3.63, 3.8) is 0 Å². The van der Waals surface area contributed by atoms with Crippen LogP contribution in [0.2, 0.25) is 0 Å². The summed E-state index contributed by atoms with van der Waals surface area (Å²) >= 11 is 1.25. The third-order valence-corrected chi connectivity index (χ3v) is 7.60. The van der Waals surface area contributed by atoms with Crippen LogP contribution in [0.25, 0.3) is 0 Å². The Hall–Kier alpha value is -2.98. The normalized spacial score (nSPS) is 11.4. The number of methoxy groups -OCH3 is 1. The van der Waals surface area contributed by atoms with Crippen LogP contribution in [0.4, 0.5) is 11.5 Å². The summed E-state index contributed by atoms with van der Waals surface area (Å²) in [5.41, 5.74) is 8.91. The molecule has 3 N–H and O–H groups in total. The third-order valence-electron chi connectivity index (χ3n) is 4.79. The molecule has 0 aliphatic rings. The number of benzene rings is 2. The molecule has 1 amide bonds. The van der Waals surface area contributed by atoms with Crippen LogP contribution < -0.4 is 15.8 Å². The topological polar surface area (TPSA) is 116 Å². The summed E-state index contributed by atoms with van der Waals surface area (Å²) in [5, 5.41) is 7.43. The lowest BCUT2D eigenvalue weighted by Gasteiger charge is -2.10. The summed E-state index contributed by atoms with van der Waals surface area (Å²) in [6.07, 6.45) is 0. The molecule has 0 bridgehead atoms. The van der Waals surface area contributed by atoms with Crippen LogP contribution in [0.15, 0.2) is 57.3 Å². The number of carbonyl (C=O) groups excluding carboxylic acids is 1. The molecule has 0 radical (unpaired) electrons. The first-order valence-electron chi connectivity index (χ1n) is 9.92. The van der Waals surface area contributed by atoms with E-state index < -0.39 is 9.84 Å². The Morgan fingerprint density at radius 2 is 1.88 bits per heavy atom. The van der Waals surface area contributed by atoms with Crippen LogP contribution in [0.3, 0.4) is 0 Å². The van der Waals surface area contributed by atoms with Crippen molar-refractivity contribution in [3.8, 4) is 5.75 Å². The van der Waals surface area contributed by atoms with Gasteiger partial charge in [-0.1, -0.05) is 24.6 Å². The van der Waals surface area contributed by atoms with Crippen molar-refractivity contribution in [1.82, 2.24) is 9.78 Å². The molecule has 0 unspecified atom stereocenters. The van der Waals surface area contributed by atoms with Crippen LogP contribution in [-0.4, -0.2) is 37.0 Å². The van der Waals surface area contributed by atoms with Crippen LogP contribution >= 0.6 is 11.8 Å². The lowest BCUT2D eigenvalue weighted by molar-refractivity contribution is -0.116. The van der Waals surface area contributed by atoms with Crippen molar-refractivity contribution in [2.24, 2.45) is 0 Å². The molecule has 8 nitrogen and oxygen atoms in total. The number of amides is 1. The number of rotatable bonds is 8. The van der Waals surface area contributed by atoms with Gasteiger partial charge in [0.1, 0.15) is 28.0 Å². The standard InChI is InChI=1S/C22H26N4O4S2/c1-5-31-22-20(32(28,29)17-9-7-16(30-4)8-10-17)21(23)26(25-22)13-19(27)24-18-11-6-14(2)12-15(18)3/h6-12H,5,13,23H2,1-4H3,(H,24,27). The molecule has 0 fully saturated rings. The summed E-state index contributed by atoms with van der Waals surface area (Å²) in [6, 6.07) is 11.7. The van der Waals surface area contributed by atoms with Crippen LogP contribution in [-0.2, 0) is 21.2 Å². The third kappa shape index (κ3) is 4.91. The Morgan fingerprint density at radius 1 is 1.19 bits per heavy atom. The predicted octanol–water partition coefficient (Wildman–Crippen LogP) is 3.67. The van der Waals surface area contributed by atoms with E-state index >= 15 is 0 Å². The maximum Gasteiger partial charge on any atom is 0.246 e. The molecule has 0 saturated heterocycles. The number of carbonyl (C=O) groups is 1. The second-order valence-corrected chi connectivity index (χ2v) is 10.3. The zero-order valence-electron chi connectivity index (χ0n) is 18.4. The molecule has 1 heterocycles. The lowest BCUT2D eigenvalue weighted by atomic mass is 10.1. The Bertz CT molecular complexity index is 1240. The minimum atomic E-state index is -3.95. The molecule has 10 heteroatoms. The minimum Gasteiger partial charge on any atom is -0.497 e. The Labute approximate surface area is 192 Å². The highest BCUT2D eigenvalue weighted by atomic mass is 32.2. The summed E-state index contributed by atoms with van der Waals surface area (Å²) < 4.78 is 33.0. The molecule has 3 rings (SSSR count). The van der Waals surface area contributed by atoms with E-state index in [9.17, 15) is 13.2 Å². The number of aromatic nitrogens is 2. The van der Waals surface area contributed by atoms with Crippen molar-refractivity contribution in [2.75, 3.05) is 23.9 Å². The zero-order valence-corrected chi connectivity index (χ0v) is 20.0. The fourth-order valence-corrected chi connectivity index (χ4v) is 5.75. The second-order valence-electron chi connectivity index (χ2n) is 7.16. The number of nitrogens with one attached hydrogen (secondary N) is 1. The average molecular weight is 475 g/mol. The maximum atomic E-state index is 13.3. The van der Waals surface area contributed by atoms with Gasteiger partial charge in [-0.2, -0.15) is 5.10 Å². The van der Waals surface area contributed by atoms with E-state index in [1.54, 1.807) is 12.1 Å². The summed E-state index contributed by atoms with van der Waals surface area (Å²) in [7, 11) is -2.44. The fraction of sp³-hybridized carbons (Fsp3) is 0.273. The lowest BCUT2D eigenvalue weighted by Crippen LogP contribution is -2.21. The molecule has 0 aliphatic heterocycles. The first-order chi connectivity index (χ1) is 15.2. The van der Waals surface area contributed by atoms with Gasteiger partial charge in [-0.3, -0.25) is 4.79 Å². The van der Waals surface area contributed by atoms with Gasteiger partial charge in [0.2, 0.25) is 15.7 Å². The smallest absolute Gasteiger partial charge is 0.246 e. The van der Waals surface area contributed by atoms with Gasteiger partial charge in [0.05, 0.1) is 12.0 Å². The monoisotopic (exact) mass is 474 g/mol. The molecule has 1 aromatic heterocycles. The highest BCUT2D eigenvalue weighted by Crippen LogP contribution is 2.35. The van der Waals surface area contributed by atoms with Gasteiger partial charge < -0.3 is 15.8 Å². The van der Waals surface area contributed by atoms with Crippen molar-refractivity contribution in [1.29, 1.82) is 0 Å². The van der Waals surface area contributed by atoms with E-state index in [1.807, 2.05) is 39.0 Å². The van der Waals surface area contributed by atoms with Gasteiger partial charge in [0.15, 0.2) is 0 Å². The number of thioether (sulfide) groups is 1. The average Bonchev–Trinajstić information content (AvgIpc) is 3.05. The number of aryl methyl sites for hydroxylation is 2. The molecular weight excluding hydrogens is 448 g/mol. The van der Waals surface area contributed by atoms with Gasteiger partial charge in [-0.25, -0.2) is 13.1 Å². The number of nitrogen functional groups attached to an aromatic ring is 1. The Kier molecular flexibility index (Phi) is 7.15. The first-order valence-corrected chi connectivity index (χ1v) is 12.4. The maximum absolute atomic E-state index is 13.3. The summed E-state index contributed by atoms with van der Waals surface area (Å²) in [4.78, 5) is 12.6. The number of hydrogen-bond donors (Lipinski definition) is 2. The van der Waals surface area contributed by atoms with E-state index in [4.69, 9.17) is 10.5 Å². The Balaban J connectivity index is 1.93. The number of sulfone groups is 1. The van der Waals surface area contributed by atoms with E-state index in [0.29, 0.717) is 17.2 Å². The quantitative estimate of drug-likeness (QED) is 0.478. The highest BCUT2D eigenvalue weighted by Gasteiger charge is 2.30. The van der Waals surface area contributed by atoms with Crippen LogP contribution in [0.1, 0.15) is 18.1 Å². The predicted molar refractivity (Wildman–Crippen MR) is 126 cm³/mol. The van der Waals surface area contributed by atoms with Crippen molar-refractivity contribution < 1.29 is 17.9 Å². The van der Waals surface area contributed by atoms with E-state index in [2.05, 4.69) is 10.4 Å². The SMILES string of the molecule is CCSc1nn(CC(=O)Nc2ccc(C)cc2C)c(N)c1S(=O)(=O)c1ccc(OC)cc1. The molecule has 32 heavy (non-hydrogen) atoms. The molecule has 0 saturated carbocycles. The summed E-state index contributed by atoms with van der Waals surface area (Å²) in [5.74, 6) is 0.704. The fourth-order valence-electron chi connectivity index (χ4n) is 3.19. The highest BCUT2D eigenvalue weighted by molar-refractivity contribution is 8.00. The van der Waals surface area contributed by atoms with Gasteiger partial charge in [0.25, 0.3) is 0 Å². The van der Waals surface area contributed by atoms with Gasteiger partial charge in [-0.05, 0) is 55.5 Å². The zero-order chi connectivity index (χ0) is 23.5. The molecule has 0 aliphatic carbocycles. The molecule has 2 aromatic carbocycles. The minimum absolute atomic E-state index is 0.0715. The van der Waals surface area contributed by atoms with E-state index in [-0.39, 0.29) is 33.1 Å². The van der Waals surface area contributed by atoms with Crippen molar-refractivity contribution in [3.05, 3.63) is 53.6 Å². The van der Waals surface area contributed by atoms with Crippen LogP contribution in [0.5, 0.6) is 5.75 Å². The number of anilines is 2. The van der Waals surface area contributed by atoms with Crippen molar-refractivity contribution >= 4 is 39.0 Å². The number of nitrogens with zero attached hydrogens (tertiary/aromatic N) is 2. The van der Waals surface area contributed by atoms with E-state index in [0.717, 1.165) is 11.1 Å². The van der Waals surface area contributed by atoms with Gasteiger partial charge in [-0.15, -0.1) is 11.8 Å². The summed E-state index contributed by atoms with van der Waals surface area (Å²) in [6.45, 7) is 5.55. The Morgan fingerprint density at radius 3 is 2.47 bits per heavy atom. The first kappa shape index (κ1) is 23.7. The number of nitrogens with two attached hydrogens (primary N) is 1. The largest absolute Gasteiger partial charge is 0.497 e. The number of hydrogen-bond acceptors (Lipinski definition) is 7. The molecule has 0 spiro atoms. The molecule has 170 valence electrons. The molecule has 3 aromatic rings. The molecule has 0 atom stereocenters.